The molecule has 0 radical (unpaired) electrons. The van der Waals surface area contributed by atoms with E-state index in [-0.39, 0.29) is 0 Å². The molecule has 2 N–H and O–H groups in total. The molecule has 0 aliphatic rings. The molecule has 1 aromatic rings. The molecule has 0 amide bonds. The molecule has 0 unspecified atom stereocenters. The average Bonchev–Trinajstić information content (AvgIpc) is 2.37. The molecule has 0 aliphatic heterocycles. The number of hydrogen-bond acceptors (Lipinski definition) is 5. The first-order chi connectivity index (χ1) is 8.62. The second-order valence-corrected chi connectivity index (χ2v) is 4.29. The molecule has 0 aliphatic carbocycles. The Balaban J connectivity index is 2.90. The van der Waals surface area contributed by atoms with Crippen LogP contribution in [0.4, 0.5) is 11.6 Å². The molecule has 0 saturated heterocycles. The maximum absolute atomic E-state index is 5.82. The molecule has 102 valence electrons. The maximum atomic E-state index is 5.82. The Morgan fingerprint density at radius 1 is 1.28 bits per heavy atom. The van der Waals surface area contributed by atoms with Crippen molar-refractivity contribution in [3.05, 3.63) is 11.9 Å². The molecular formula is C13H24N4O. The molecule has 1 aromatic heterocycles. The summed E-state index contributed by atoms with van der Waals surface area (Å²) >= 11 is 0. The van der Waals surface area contributed by atoms with Crippen molar-refractivity contribution >= 4 is 11.6 Å². The smallest absolute Gasteiger partial charge is 0.158 e. The third kappa shape index (κ3) is 3.84. The van der Waals surface area contributed by atoms with E-state index in [0.29, 0.717) is 30.9 Å². The molecule has 0 spiro atoms. The van der Waals surface area contributed by atoms with Crippen LogP contribution in [0.15, 0.2) is 6.07 Å². The highest BCUT2D eigenvalue weighted by Gasteiger charge is 2.14. The van der Waals surface area contributed by atoms with E-state index in [9.17, 15) is 0 Å². The number of rotatable bonds is 7. The zero-order valence-electron chi connectivity index (χ0n) is 11.8. The summed E-state index contributed by atoms with van der Waals surface area (Å²) in [5.74, 6) is 2.00. The number of nitrogens with two attached hydrogens (primary N) is 1. The highest BCUT2D eigenvalue weighted by Crippen LogP contribution is 2.18. The third-order valence-corrected chi connectivity index (χ3v) is 3.07. The standard InChI is InChI=1S/C13H24N4O/c1-5-10(6-2)17(4)13-8-11(14)15-12(16-13)9-18-7-3/h8,10H,5-7,9H2,1-4H3,(H2,14,15,16). The Hall–Kier alpha value is -1.36. The lowest BCUT2D eigenvalue weighted by atomic mass is 10.1. The number of anilines is 2. The van der Waals surface area contributed by atoms with Gasteiger partial charge in [0, 0.05) is 25.8 Å². The van der Waals surface area contributed by atoms with Gasteiger partial charge in [0.25, 0.3) is 0 Å². The summed E-state index contributed by atoms with van der Waals surface area (Å²) < 4.78 is 5.32. The maximum Gasteiger partial charge on any atom is 0.158 e. The van der Waals surface area contributed by atoms with Gasteiger partial charge in [0.15, 0.2) is 5.82 Å². The summed E-state index contributed by atoms with van der Waals surface area (Å²) in [7, 11) is 2.05. The first-order valence-corrected chi connectivity index (χ1v) is 6.56. The van der Waals surface area contributed by atoms with Crippen LogP contribution in [0.3, 0.4) is 0 Å². The van der Waals surface area contributed by atoms with Gasteiger partial charge in [0.1, 0.15) is 18.2 Å². The van der Waals surface area contributed by atoms with Gasteiger partial charge < -0.3 is 15.4 Å². The predicted molar refractivity (Wildman–Crippen MR) is 74.5 cm³/mol. The fraction of sp³-hybridized carbons (Fsp3) is 0.692. The zero-order chi connectivity index (χ0) is 13.5. The number of hydrogen-bond donors (Lipinski definition) is 1. The summed E-state index contributed by atoms with van der Waals surface area (Å²) in [6, 6.07) is 2.28. The minimum Gasteiger partial charge on any atom is -0.384 e. The van der Waals surface area contributed by atoms with Gasteiger partial charge in [-0.1, -0.05) is 13.8 Å². The molecule has 0 atom stereocenters. The van der Waals surface area contributed by atoms with Crippen LogP contribution in [0.25, 0.3) is 0 Å². The number of nitrogen functional groups attached to an aromatic ring is 1. The van der Waals surface area contributed by atoms with Crippen molar-refractivity contribution in [3.63, 3.8) is 0 Å². The van der Waals surface area contributed by atoms with E-state index in [4.69, 9.17) is 10.5 Å². The van der Waals surface area contributed by atoms with Gasteiger partial charge in [-0.05, 0) is 19.8 Å². The van der Waals surface area contributed by atoms with Crippen molar-refractivity contribution in [2.75, 3.05) is 24.3 Å². The predicted octanol–water partition coefficient (Wildman–Crippen LogP) is 2.22. The lowest BCUT2D eigenvalue weighted by Gasteiger charge is -2.27. The molecular weight excluding hydrogens is 228 g/mol. The lowest BCUT2D eigenvalue weighted by molar-refractivity contribution is 0.128. The number of aromatic nitrogens is 2. The molecule has 0 bridgehead atoms. The minimum absolute atomic E-state index is 0.408. The van der Waals surface area contributed by atoms with Crippen LogP contribution in [-0.2, 0) is 11.3 Å². The normalized spacial score (nSPS) is 10.9. The second kappa shape index (κ2) is 7.16. The molecule has 0 fully saturated rings. The second-order valence-electron chi connectivity index (χ2n) is 4.29. The van der Waals surface area contributed by atoms with Crippen LogP contribution in [0, 0.1) is 0 Å². The number of ether oxygens (including phenoxy) is 1. The van der Waals surface area contributed by atoms with Crippen molar-refractivity contribution in [2.24, 2.45) is 0 Å². The van der Waals surface area contributed by atoms with Crippen LogP contribution in [0.1, 0.15) is 39.4 Å². The van der Waals surface area contributed by atoms with E-state index < -0.39 is 0 Å². The Bertz CT molecular complexity index is 366. The summed E-state index contributed by atoms with van der Waals surface area (Å²) in [6.45, 7) is 7.36. The highest BCUT2D eigenvalue weighted by atomic mass is 16.5. The van der Waals surface area contributed by atoms with Gasteiger partial charge in [-0.25, -0.2) is 9.97 Å². The van der Waals surface area contributed by atoms with Crippen LogP contribution >= 0.6 is 0 Å². The summed E-state index contributed by atoms with van der Waals surface area (Å²) in [6.07, 6.45) is 2.16. The quantitative estimate of drug-likeness (QED) is 0.806. The summed E-state index contributed by atoms with van der Waals surface area (Å²) in [5.41, 5.74) is 5.82. The Labute approximate surface area is 109 Å². The van der Waals surface area contributed by atoms with Crippen LogP contribution < -0.4 is 10.6 Å². The molecule has 0 aromatic carbocycles. The average molecular weight is 252 g/mol. The van der Waals surface area contributed by atoms with Crippen LogP contribution in [0.2, 0.25) is 0 Å². The zero-order valence-corrected chi connectivity index (χ0v) is 11.8. The van der Waals surface area contributed by atoms with Gasteiger partial charge in [0.2, 0.25) is 0 Å². The third-order valence-electron chi connectivity index (χ3n) is 3.07. The largest absolute Gasteiger partial charge is 0.384 e. The molecule has 1 heterocycles. The van der Waals surface area contributed by atoms with Gasteiger partial charge in [-0.3, -0.25) is 0 Å². The van der Waals surface area contributed by atoms with Crippen molar-refractivity contribution < 1.29 is 4.74 Å². The van der Waals surface area contributed by atoms with E-state index in [2.05, 4.69) is 28.7 Å². The summed E-state index contributed by atoms with van der Waals surface area (Å²) in [5, 5.41) is 0. The van der Waals surface area contributed by atoms with E-state index in [1.165, 1.54) is 0 Å². The first-order valence-electron chi connectivity index (χ1n) is 6.56. The van der Waals surface area contributed by atoms with E-state index in [1.54, 1.807) is 0 Å². The monoisotopic (exact) mass is 252 g/mol. The Kier molecular flexibility index (Phi) is 5.85. The van der Waals surface area contributed by atoms with Crippen molar-refractivity contribution in [1.29, 1.82) is 0 Å². The van der Waals surface area contributed by atoms with Crippen molar-refractivity contribution in [2.45, 2.75) is 46.3 Å². The van der Waals surface area contributed by atoms with Crippen LogP contribution in [-0.4, -0.2) is 29.7 Å². The van der Waals surface area contributed by atoms with E-state index in [1.807, 2.05) is 20.0 Å². The Morgan fingerprint density at radius 2 is 1.94 bits per heavy atom. The molecule has 1 rings (SSSR count). The highest BCUT2D eigenvalue weighted by molar-refractivity contribution is 5.47. The molecule has 5 nitrogen and oxygen atoms in total. The first kappa shape index (κ1) is 14.7. The van der Waals surface area contributed by atoms with Gasteiger partial charge >= 0.3 is 0 Å². The lowest BCUT2D eigenvalue weighted by Crippen LogP contribution is -2.31. The summed E-state index contributed by atoms with van der Waals surface area (Å²) in [4.78, 5) is 10.8. The molecule has 0 saturated carbocycles. The SMILES string of the molecule is CCOCc1nc(N)cc(N(C)C(CC)CC)n1. The topological polar surface area (TPSA) is 64.3 Å². The fourth-order valence-corrected chi connectivity index (χ4v) is 1.97. The van der Waals surface area contributed by atoms with Crippen molar-refractivity contribution in [1.82, 2.24) is 9.97 Å². The van der Waals surface area contributed by atoms with Gasteiger partial charge in [0.05, 0.1) is 0 Å². The Morgan fingerprint density at radius 3 is 2.50 bits per heavy atom. The van der Waals surface area contributed by atoms with Crippen LogP contribution in [0.5, 0.6) is 0 Å². The number of nitrogens with zero attached hydrogens (tertiary/aromatic N) is 3. The fourth-order valence-electron chi connectivity index (χ4n) is 1.97. The van der Waals surface area contributed by atoms with Gasteiger partial charge in [-0.2, -0.15) is 0 Å². The van der Waals surface area contributed by atoms with Gasteiger partial charge in [-0.15, -0.1) is 0 Å². The molecule has 18 heavy (non-hydrogen) atoms. The van der Waals surface area contributed by atoms with E-state index >= 15 is 0 Å². The van der Waals surface area contributed by atoms with Crippen molar-refractivity contribution in [3.8, 4) is 0 Å². The minimum atomic E-state index is 0.408. The molecule has 5 heteroatoms. The van der Waals surface area contributed by atoms with E-state index in [0.717, 1.165) is 18.7 Å².